The molecule has 0 spiro atoms. The standard InChI is InChI=1S/C7H10N4O5/c1-3(12)5(6(14)10-7(9)15)11-16-2-4(8)13/h2H2,1H3,(H2,8,13)(H3,9,10,14,15). The Kier molecular flexibility index (Phi) is 5.18. The van der Waals surface area contributed by atoms with E-state index in [1.54, 1.807) is 5.32 Å². The molecule has 16 heavy (non-hydrogen) atoms. The first-order valence-electron chi connectivity index (χ1n) is 3.94. The molecule has 0 atom stereocenters. The van der Waals surface area contributed by atoms with Crippen LogP contribution in [-0.4, -0.2) is 35.9 Å². The topological polar surface area (TPSA) is 154 Å². The number of rotatable bonds is 5. The van der Waals surface area contributed by atoms with Gasteiger partial charge in [0.2, 0.25) is 5.71 Å². The zero-order valence-electron chi connectivity index (χ0n) is 8.35. The fraction of sp³-hybridized carbons (Fsp3) is 0.286. The van der Waals surface area contributed by atoms with Crippen LogP contribution >= 0.6 is 0 Å². The molecule has 0 aromatic rings. The molecule has 9 nitrogen and oxygen atoms in total. The van der Waals surface area contributed by atoms with Crippen LogP contribution in [0, 0.1) is 0 Å². The monoisotopic (exact) mass is 230 g/mol. The highest BCUT2D eigenvalue weighted by Gasteiger charge is 2.19. The highest BCUT2D eigenvalue weighted by molar-refractivity contribution is 6.65. The molecule has 4 amide bonds. The van der Waals surface area contributed by atoms with Crippen LogP contribution in [0.3, 0.4) is 0 Å². The van der Waals surface area contributed by atoms with E-state index < -0.39 is 35.9 Å². The molecular formula is C7H10N4O5. The second-order valence-electron chi connectivity index (χ2n) is 2.55. The predicted molar refractivity (Wildman–Crippen MR) is 51.0 cm³/mol. The number of nitrogens with two attached hydrogens (primary N) is 2. The Balaban J connectivity index is 4.60. The number of hydrogen-bond acceptors (Lipinski definition) is 6. The summed E-state index contributed by atoms with van der Waals surface area (Å²) in [7, 11) is 0. The highest BCUT2D eigenvalue weighted by Crippen LogP contribution is 1.86. The molecule has 0 aliphatic carbocycles. The maximum Gasteiger partial charge on any atom is 0.319 e. The van der Waals surface area contributed by atoms with Gasteiger partial charge in [0.05, 0.1) is 0 Å². The summed E-state index contributed by atoms with van der Waals surface area (Å²) >= 11 is 0. The molecule has 0 aliphatic heterocycles. The number of nitrogens with zero attached hydrogens (tertiary/aromatic N) is 1. The number of carbonyl (C=O) groups excluding carboxylic acids is 4. The summed E-state index contributed by atoms with van der Waals surface area (Å²) < 4.78 is 0. The number of oxime groups is 1. The smallest absolute Gasteiger partial charge is 0.319 e. The Morgan fingerprint density at radius 2 is 1.81 bits per heavy atom. The van der Waals surface area contributed by atoms with Crippen molar-refractivity contribution in [3.8, 4) is 0 Å². The SMILES string of the molecule is CC(=O)C(=NOCC(N)=O)C(=O)NC(N)=O. The van der Waals surface area contributed by atoms with Gasteiger partial charge in [-0.1, -0.05) is 5.16 Å². The number of ketones is 1. The van der Waals surface area contributed by atoms with E-state index in [0.717, 1.165) is 6.92 Å². The van der Waals surface area contributed by atoms with Crippen molar-refractivity contribution in [3.05, 3.63) is 0 Å². The summed E-state index contributed by atoms with van der Waals surface area (Å²) in [6, 6.07) is -1.14. The third kappa shape index (κ3) is 5.32. The molecule has 0 unspecified atom stereocenters. The summed E-state index contributed by atoms with van der Waals surface area (Å²) in [5.74, 6) is -2.71. The number of hydrogen-bond donors (Lipinski definition) is 3. The lowest BCUT2D eigenvalue weighted by molar-refractivity contribution is -0.123. The van der Waals surface area contributed by atoms with Crippen molar-refractivity contribution < 1.29 is 24.0 Å². The lowest BCUT2D eigenvalue weighted by Gasteiger charge is -2.01. The maximum absolute atomic E-state index is 11.1. The van der Waals surface area contributed by atoms with E-state index >= 15 is 0 Å². The number of urea groups is 1. The Bertz CT molecular complexity index is 362. The summed E-state index contributed by atoms with van der Waals surface area (Å²) in [4.78, 5) is 46.9. The van der Waals surface area contributed by atoms with Crippen LogP contribution in [-0.2, 0) is 19.2 Å². The molecule has 0 radical (unpaired) electrons. The van der Waals surface area contributed by atoms with Gasteiger partial charge in [-0.2, -0.15) is 0 Å². The van der Waals surface area contributed by atoms with Gasteiger partial charge in [-0.3, -0.25) is 19.7 Å². The van der Waals surface area contributed by atoms with Crippen LogP contribution in [0.2, 0.25) is 0 Å². The summed E-state index contributed by atoms with van der Waals surface area (Å²) in [5.41, 5.74) is 8.68. The highest BCUT2D eigenvalue weighted by atomic mass is 16.6. The van der Waals surface area contributed by atoms with Gasteiger partial charge in [0.25, 0.3) is 11.8 Å². The lowest BCUT2D eigenvalue weighted by Crippen LogP contribution is -2.41. The molecule has 0 aromatic heterocycles. The van der Waals surface area contributed by atoms with Crippen molar-refractivity contribution in [1.82, 2.24) is 5.32 Å². The molecule has 0 aliphatic rings. The van der Waals surface area contributed by atoms with Crippen LogP contribution in [0.5, 0.6) is 0 Å². The van der Waals surface area contributed by atoms with E-state index in [1.165, 1.54) is 0 Å². The van der Waals surface area contributed by atoms with E-state index in [9.17, 15) is 19.2 Å². The summed E-state index contributed by atoms with van der Waals surface area (Å²) in [5, 5.41) is 4.68. The first-order chi connectivity index (χ1) is 7.34. The van der Waals surface area contributed by atoms with Gasteiger partial charge >= 0.3 is 6.03 Å². The van der Waals surface area contributed by atoms with Crippen LogP contribution in [0.15, 0.2) is 5.16 Å². The molecule has 0 saturated carbocycles. The first-order valence-corrected chi connectivity index (χ1v) is 3.94. The average Bonchev–Trinajstić information content (AvgIpc) is 2.09. The van der Waals surface area contributed by atoms with Crippen LogP contribution < -0.4 is 16.8 Å². The first kappa shape index (κ1) is 13.5. The van der Waals surface area contributed by atoms with Crippen LogP contribution in [0.4, 0.5) is 4.79 Å². The third-order valence-electron chi connectivity index (χ3n) is 1.15. The molecule has 0 fully saturated rings. The second kappa shape index (κ2) is 6.11. The Morgan fingerprint density at radius 3 is 2.19 bits per heavy atom. The number of nitrogens with one attached hydrogen (secondary N) is 1. The number of imide groups is 1. The quantitative estimate of drug-likeness (QED) is 0.273. The average molecular weight is 230 g/mol. The molecule has 0 saturated heterocycles. The number of Topliss-reactive ketones (excluding diaryl/α,β-unsaturated/α-hetero) is 1. The minimum Gasteiger partial charge on any atom is -0.385 e. The van der Waals surface area contributed by atoms with Crippen molar-refractivity contribution in [1.29, 1.82) is 0 Å². The van der Waals surface area contributed by atoms with Crippen molar-refractivity contribution in [3.63, 3.8) is 0 Å². The zero-order chi connectivity index (χ0) is 12.7. The van der Waals surface area contributed by atoms with E-state index in [4.69, 9.17) is 5.73 Å². The zero-order valence-corrected chi connectivity index (χ0v) is 8.35. The van der Waals surface area contributed by atoms with Gasteiger partial charge in [-0.15, -0.1) is 0 Å². The molecule has 9 heteroatoms. The van der Waals surface area contributed by atoms with E-state index in [0.29, 0.717) is 0 Å². The van der Waals surface area contributed by atoms with E-state index in [2.05, 4.69) is 15.7 Å². The fourth-order valence-corrected chi connectivity index (χ4v) is 0.597. The fourth-order valence-electron chi connectivity index (χ4n) is 0.597. The lowest BCUT2D eigenvalue weighted by atomic mass is 10.2. The predicted octanol–water partition coefficient (Wildman–Crippen LogP) is -2.37. The molecular weight excluding hydrogens is 220 g/mol. The van der Waals surface area contributed by atoms with Crippen molar-refractivity contribution in [2.75, 3.05) is 6.61 Å². The van der Waals surface area contributed by atoms with E-state index in [-0.39, 0.29) is 0 Å². The Hall–Kier alpha value is -2.45. The van der Waals surface area contributed by atoms with Crippen LogP contribution in [0.1, 0.15) is 6.92 Å². The number of amides is 4. The van der Waals surface area contributed by atoms with Gasteiger partial charge < -0.3 is 16.3 Å². The Labute approximate surface area is 89.8 Å². The molecule has 5 N–H and O–H groups in total. The normalized spacial score (nSPS) is 10.4. The van der Waals surface area contributed by atoms with Crippen molar-refractivity contribution >= 4 is 29.3 Å². The van der Waals surface area contributed by atoms with E-state index in [1.807, 2.05) is 0 Å². The second-order valence-corrected chi connectivity index (χ2v) is 2.55. The molecule has 0 rings (SSSR count). The summed E-state index contributed by atoms with van der Waals surface area (Å²) in [6.45, 7) is 0.424. The minimum atomic E-state index is -1.14. The van der Waals surface area contributed by atoms with Crippen molar-refractivity contribution in [2.45, 2.75) is 6.92 Å². The van der Waals surface area contributed by atoms with Gasteiger partial charge in [0, 0.05) is 6.92 Å². The molecule has 88 valence electrons. The van der Waals surface area contributed by atoms with Gasteiger partial charge in [-0.25, -0.2) is 4.79 Å². The third-order valence-corrected chi connectivity index (χ3v) is 1.15. The number of carbonyl (C=O) groups is 4. The van der Waals surface area contributed by atoms with Gasteiger partial charge in [-0.05, 0) is 0 Å². The summed E-state index contributed by atoms with van der Waals surface area (Å²) in [6.07, 6.45) is 0. The van der Waals surface area contributed by atoms with Crippen molar-refractivity contribution in [2.24, 2.45) is 16.6 Å². The molecule has 0 heterocycles. The van der Waals surface area contributed by atoms with Gasteiger partial charge in [0.1, 0.15) is 0 Å². The Morgan fingerprint density at radius 1 is 1.25 bits per heavy atom. The van der Waals surface area contributed by atoms with Gasteiger partial charge in [0.15, 0.2) is 12.4 Å². The maximum atomic E-state index is 11.1. The van der Waals surface area contributed by atoms with Crippen LogP contribution in [0.25, 0.3) is 0 Å². The largest absolute Gasteiger partial charge is 0.385 e. The minimum absolute atomic E-state index is 0.597. The molecule has 0 bridgehead atoms. The number of primary amides is 2. The molecule has 0 aromatic carbocycles.